The third-order valence-electron chi connectivity index (χ3n) is 1.90. The van der Waals surface area contributed by atoms with E-state index in [1.807, 2.05) is 6.92 Å². The second-order valence-corrected chi connectivity index (χ2v) is 3.48. The molecule has 0 atom stereocenters. The van der Waals surface area contributed by atoms with Crippen molar-refractivity contribution in [1.82, 2.24) is 9.97 Å². The van der Waals surface area contributed by atoms with Crippen LogP contribution in [-0.2, 0) is 0 Å². The minimum Gasteiger partial charge on any atom is -0.357 e. The lowest BCUT2D eigenvalue weighted by atomic mass is 10.4. The Hall–Kier alpha value is -1.92. The van der Waals surface area contributed by atoms with Crippen molar-refractivity contribution in [1.29, 1.82) is 0 Å². The summed E-state index contributed by atoms with van der Waals surface area (Å²) < 4.78 is 0. The van der Waals surface area contributed by atoms with Gasteiger partial charge in [0.1, 0.15) is 6.20 Å². The zero-order valence-electron chi connectivity index (χ0n) is 9.60. The van der Waals surface area contributed by atoms with E-state index in [0.29, 0.717) is 11.8 Å². The van der Waals surface area contributed by atoms with Gasteiger partial charge >= 0.3 is 5.69 Å². The maximum Gasteiger partial charge on any atom is 0.329 e. The van der Waals surface area contributed by atoms with Crippen molar-refractivity contribution < 1.29 is 4.92 Å². The van der Waals surface area contributed by atoms with Crippen molar-refractivity contribution in [2.24, 2.45) is 0 Å². The monoisotopic (exact) mass is 225 g/mol. The van der Waals surface area contributed by atoms with Crippen LogP contribution in [0.5, 0.6) is 0 Å². The normalized spacial score (nSPS) is 9.94. The molecule has 7 nitrogen and oxygen atoms in total. The molecule has 1 N–H and O–H groups in total. The van der Waals surface area contributed by atoms with Gasteiger partial charge in [-0.2, -0.15) is 4.98 Å². The lowest BCUT2D eigenvalue weighted by Gasteiger charge is -2.12. The maximum absolute atomic E-state index is 10.7. The van der Waals surface area contributed by atoms with Crippen LogP contribution in [0, 0.1) is 10.1 Å². The Morgan fingerprint density at radius 1 is 1.56 bits per heavy atom. The van der Waals surface area contributed by atoms with Crippen LogP contribution in [0.15, 0.2) is 6.20 Å². The lowest BCUT2D eigenvalue weighted by Crippen LogP contribution is -2.15. The van der Waals surface area contributed by atoms with Gasteiger partial charge in [0.15, 0.2) is 0 Å². The highest BCUT2D eigenvalue weighted by Gasteiger charge is 2.18. The van der Waals surface area contributed by atoms with Gasteiger partial charge in [-0.05, 0) is 6.42 Å². The molecule has 0 amide bonds. The molecule has 1 aromatic rings. The molecule has 0 saturated carbocycles. The largest absolute Gasteiger partial charge is 0.357 e. The van der Waals surface area contributed by atoms with Crippen molar-refractivity contribution in [3.05, 3.63) is 16.3 Å². The molecule has 1 aromatic heterocycles. The number of anilines is 2. The van der Waals surface area contributed by atoms with E-state index in [0.717, 1.165) is 13.0 Å². The molecule has 0 spiro atoms. The molecule has 1 rings (SSSR count). The van der Waals surface area contributed by atoms with Gasteiger partial charge in [0, 0.05) is 20.6 Å². The zero-order chi connectivity index (χ0) is 12.1. The summed E-state index contributed by atoms with van der Waals surface area (Å²) in [5.74, 6) is 0.717. The molecule has 16 heavy (non-hydrogen) atoms. The molecule has 7 heteroatoms. The van der Waals surface area contributed by atoms with Crippen LogP contribution in [0.1, 0.15) is 13.3 Å². The first kappa shape index (κ1) is 12.2. The van der Waals surface area contributed by atoms with E-state index in [9.17, 15) is 10.1 Å². The second-order valence-electron chi connectivity index (χ2n) is 3.48. The molecule has 0 unspecified atom stereocenters. The van der Waals surface area contributed by atoms with Gasteiger partial charge in [0.2, 0.25) is 11.8 Å². The summed E-state index contributed by atoms with van der Waals surface area (Å²) in [4.78, 5) is 19.8. The third-order valence-corrected chi connectivity index (χ3v) is 1.90. The van der Waals surface area contributed by atoms with Gasteiger partial charge in [-0.3, -0.25) is 10.1 Å². The highest BCUT2D eigenvalue weighted by molar-refractivity contribution is 5.57. The first-order valence-corrected chi connectivity index (χ1v) is 4.99. The van der Waals surface area contributed by atoms with Crippen LogP contribution in [0.3, 0.4) is 0 Å². The van der Waals surface area contributed by atoms with E-state index >= 15 is 0 Å². The van der Waals surface area contributed by atoms with Crippen LogP contribution < -0.4 is 10.2 Å². The van der Waals surface area contributed by atoms with Gasteiger partial charge in [-0.15, -0.1) is 0 Å². The molecule has 0 saturated heterocycles. The van der Waals surface area contributed by atoms with E-state index in [2.05, 4.69) is 15.3 Å². The summed E-state index contributed by atoms with van der Waals surface area (Å²) in [5, 5.41) is 13.7. The Balaban J connectivity index is 3.02. The van der Waals surface area contributed by atoms with Crippen LogP contribution in [0.25, 0.3) is 0 Å². The van der Waals surface area contributed by atoms with Crippen molar-refractivity contribution >= 4 is 17.5 Å². The Morgan fingerprint density at radius 3 is 2.75 bits per heavy atom. The smallest absolute Gasteiger partial charge is 0.329 e. The Kier molecular flexibility index (Phi) is 3.98. The number of hydrogen-bond acceptors (Lipinski definition) is 6. The highest BCUT2D eigenvalue weighted by atomic mass is 16.6. The van der Waals surface area contributed by atoms with E-state index in [4.69, 9.17) is 0 Å². The molecular formula is C9H15N5O2. The van der Waals surface area contributed by atoms with Gasteiger partial charge in [0.05, 0.1) is 4.92 Å². The summed E-state index contributed by atoms with van der Waals surface area (Å²) in [6, 6.07) is 0. The summed E-state index contributed by atoms with van der Waals surface area (Å²) >= 11 is 0. The van der Waals surface area contributed by atoms with Crippen LogP contribution >= 0.6 is 0 Å². The fourth-order valence-corrected chi connectivity index (χ4v) is 1.15. The fraction of sp³-hybridized carbons (Fsp3) is 0.556. The SMILES string of the molecule is CCCNc1ncc([N+](=O)[O-])c(N(C)C)n1. The van der Waals surface area contributed by atoms with Crippen LogP contribution in [0.2, 0.25) is 0 Å². The van der Waals surface area contributed by atoms with Crippen molar-refractivity contribution in [3.63, 3.8) is 0 Å². The zero-order valence-corrected chi connectivity index (χ0v) is 9.60. The lowest BCUT2D eigenvalue weighted by molar-refractivity contribution is -0.384. The van der Waals surface area contributed by atoms with E-state index in [-0.39, 0.29) is 5.69 Å². The van der Waals surface area contributed by atoms with Crippen LogP contribution in [0.4, 0.5) is 17.5 Å². The first-order valence-electron chi connectivity index (χ1n) is 4.99. The number of rotatable bonds is 5. The number of hydrogen-bond donors (Lipinski definition) is 1. The maximum atomic E-state index is 10.7. The molecule has 0 aliphatic heterocycles. The summed E-state index contributed by atoms with van der Waals surface area (Å²) in [6.07, 6.45) is 2.16. The number of aromatic nitrogens is 2. The summed E-state index contributed by atoms with van der Waals surface area (Å²) in [6.45, 7) is 2.76. The molecule has 0 fully saturated rings. The quantitative estimate of drug-likeness (QED) is 0.600. The standard InChI is InChI=1S/C9H15N5O2/c1-4-5-10-9-11-6-7(14(15)16)8(12-9)13(2)3/h6H,4-5H2,1-3H3,(H,10,11,12). The third kappa shape index (κ3) is 2.78. The van der Waals surface area contributed by atoms with E-state index in [1.165, 1.54) is 6.20 Å². The first-order chi connectivity index (χ1) is 7.56. The summed E-state index contributed by atoms with van der Waals surface area (Å²) in [7, 11) is 3.41. The van der Waals surface area contributed by atoms with Gasteiger partial charge in [-0.1, -0.05) is 6.92 Å². The van der Waals surface area contributed by atoms with Crippen molar-refractivity contribution in [2.75, 3.05) is 30.9 Å². The molecule has 0 aliphatic rings. The molecule has 88 valence electrons. The summed E-state index contributed by atoms with van der Waals surface area (Å²) in [5.41, 5.74) is -0.0907. The van der Waals surface area contributed by atoms with Crippen LogP contribution in [-0.4, -0.2) is 35.5 Å². The van der Waals surface area contributed by atoms with Gasteiger partial charge < -0.3 is 10.2 Å². The number of nitrogens with one attached hydrogen (secondary N) is 1. The van der Waals surface area contributed by atoms with Crippen molar-refractivity contribution in [3.8, 4) is 0 Å². The highest BCUT2D eigenvalue weighted by Crippen LogP contribution is 2.23. The second kappa shape index (κ2) is 5.24. The molecule has 0 radical (unpaired) electrons. The topological polar surface area (TPSA) is 84.2 Å². The number of nitro groups is 1. The average molecular weight is 225 g/mol. The predicted octanol–water partition coefficient (Wildman–Crippen LogP) is 1.27. The Bertz CT molecular complexity index is 380. The Labute approximate surface area is 93.7 Å². The predicted molar refractivity (Wildman–Crippen MR) is 61.8 cm³/mol. The molecule has 0 aromatic carbocycles. The van der Waals surface area contributed by atoms with Gasteiger partial charge in [0.25, 0.3) is 0 Å². The average Bonchev–Trinajstić information content (AvgIpc) is 2.25. The molecule has 1 heterocycles. The molecular weight excluding hydrogens is 210 g/mol. The molecule has 0 bridgehead atoms. The minimum atomic E-state index is -0.487. The van der Waals surface area contributed by atoms with Gasteiger partial charge in [-0.25, -0.2) is 4.98 Å². The van der Waals surface area contributed by atoms with E-state index in [1.54, 1.807) is 19.0 Å². The van der Waals surface area contributed by atoms with E-state index < -0.39 is 4.92 Å². The number of nitrogens with zero attached hydrogens (tertiary/aromatic N) is 4. The fourth-order valence-electron chi connectivity index (χ4n) is 1.15. The Morgan fingerprint density at radius 2 is 2.25 bits per heavy atom. The minimum absolute atomic E-state index is 0.0907. The van der Waals surface area contributed by atoms with Crippen molar-refractivity contribution in [2.45, 2.75) is 13.3 Å². The molecule has 0 aliphatic carbocycles.